The number of hydrogen-bond acceptors (Lipinski definition) is 3. The minimum absolute atomic E-state index is 0.793. The molecule has 3 heteroatoms. The van der Waals surface area contributed by atoms with Crippen molar-refractivity contribution < 1.29 is 0 Å². The van der Waals surface area contributed by atoms with Crippen molar-refractivity contribution in [3.05, 3.63) is 0 Å². The Morgan fingerprint density at radius 2 is 2.00 bits per heavy atom. The Morgan fingerprint density at radius 3 is 2.56 bits per heavy atom. The molecule has 16 heavy (non-hydrogen) atoms. The summed E-state index contributed by atoms with van der Waals surface area (Å²) >= 11 is 4.40. The van der Waals surface area contributed by atoms with Gasteiger partial charge in [0, 0.05) is 28.0 Å². The summed E-state index contributed by atoms with van der Waals surface area (Å²) in [5.74, 6) is 3.69. The predicted octanol–water partition coefficient (Wildman–Crippen LogP) is 3.39. The summed E-state index contributed by atoms with van der Waals surface area (Å²) in [6.07, 6.45) is 5.67. The molecule has 1 aliphatic carbocycles. The molecule has 0 radical (unpaired) electrons. The second-order valence-electron chi connectivity index (χ2n) is 5.08. The van der Waals surface area contributed by atoms with Crippen LogP contribution in [-0.4, -0.2) is 34.6 Å². The highest BCUT2D eigenvalue weighted by Gasteiger charge is 2.37. The van der Waals surface area contributed by atoms with E-state index in [1.165, 1.54) is 43.7 Å². The molecule has 0 spiro atoms. The lowest BCUT2D eigenvalue weighted by Gasteiger charge is -2.42. The minimum Gasteiger partial charge on any atom is -0.313 e. The fourth-order valence-electron chi connectivity index (χ4n) is 2.71. The van der Waals surface area contributed by atoms with Crippen molar-refractivity contribution in [1.29, 1.82) is 0 Å². The van der Waals surface area contributed by atoms with E-state index in [0.29, 0.717) is 0 Å². The highest BCUT2D eigenvalue weighted by molar-refractivity contribution is 8.07. The Hall–Kier alpha value is 0.660. The first-order chi connectivity index (χ1) is 7.83. The fourth-order valence-corrected chi connectivity index (χ4v) is 5.75. The molecule has 1 heterocycles. The fraction of sp³-hybridized carbons (Fsp3) is 1.00. The van der Waals surface area contributed by atoms with Crippen LogP contribution in [0, 0.1) is 5.92 Å². The number of thioether (sulfide) groups is 2. The van der Waals surface area contributed by atoms with Crippen molar-refractivity contribution in [2.24, 2.45) is 5.92 Å². The van der Waals surface area contributed by atoms with Crippen molar-refractivity contribution >= 4 is 23.5 Å². The Balaban J connectivity index is 1.92. The van der Waals surface area contributed by atoms with Gasteiger partial charge in [0.25, 0.3) is 0 Å². The number of nitrogens with one attached hydrogen (secondary N) is 1. The third-order valence-electron chi connectivity index (χ3n) is 3.88. The molecule has 1 saturated carbocycles. The quantitative estimate of drug-likeness (QED) is 0.813. The van der Waals surface area contributed by atoms with E-state index in [4.69, 9.17) is 0 Å². The molecule has 0 aromatic heterocycles. The van der Waals surface area contributed by atoms with Gasteiger partial charge in [-0.05, 0) is 31.7 Å². The number of rotatable bonds is 5. The Morgan fingerprint density at radius 1 is 1.25 bits per heavy atom. The lowest BCUT2D eigenvalue weighted by Crippen LogP contribution is -2.51. The van der Waals surface area contributed by atoms with Gasteiger partial charge in [0.1, 0.15) is 0 Å². The van der Waals surface area contributed by atoms with E-state index in [1.807, 2.05) is 0 Å². The monoisotopic (exact) mass is 259 g/mol. The predicted molar refractivity (Wildman–Crippen MR) is 77.6 cm³/mol. The first kappa shape index (κ1) is 13.1. The minimum atomic E-state index is 0.793. The highest BCUT2D eigenvalue weighted by Crippen LogP contribution is 2.40. The van der Waals surface area contributed by atoms with Gasteiger partial charge in [0.2, 0.25) is 0 Å². The van der Waals surface area contributed by atoms with E-state index in [-0.39, 0.29) is 0 Å². The molecular formula is C13H25NS2. The van der Waals surface area contributed by atoms with Crippen molar-refractivity contribution in [2.75, 3.05) is 18.1 Å². The molecule has 1 N–H and O–H groups in total. The molecule has 0 amide bonds. The van der Waals surface area contributed by atoms with Gasteiger partial charge < -0.3 is 5.32 Å². The van der Waals surface area contributed by atoms with E-state index in [2.05, 4.69) is 42.7 Å². The van der Waals surface area contributed by atoms with E-state index < -0.39 is 0 Å². The van der Waals surface area contributed by atoms with Gasteiger partial charge in [-0.2, -0.15) is 23.5 Å². The molecule has 0 aromatic rings. The van der Waals surface area contributed by atoms with E-state index in [0.717, 1.165) is 22.5 Å². The van der Waals surface area contributed by atoms with Crippen molar-refractivity contribution in [3.63, 3.8) is 0 Å². The van der Waals surface area contributed by atoms with Crippen LogP contribution in [0.15, 0.2) is 0 Å². The van der Waals surface area contributed by atoms with Gasteiger partial charge in [-0.15, -0.1) is 0 Å². The summed E-state index contributed by atoms with van der Waals surface area (Å²) in [7, 11) is 0. The van der Waals surface area contributed by atoms with Crippen LogP contribution >= 0.6 is 23.5 Å². The zero-order valence-electron chi connectivity index (χ0n) is 10.6. The van der Waals surface area contributed by atoms with Crippen molar-refractivity contribution in [3.8, 4) is 0 Å². The lowest BCUT2D eigenvalue weighted by molar-refractivity contribution is 0.224. The van der Waals surface area contributed by atoms with Gasteiger partial charge in [0.15, 0.2) is 0 Å². The van der Waals surface area contributed by atoms with Gasteiger partial charge in [-0.3, -0.25) is 0 Å². The van der Waals surface area contributed by atoms with Crippen LogP contribution in [0.4, 0.5) is 0 Å². The van der Waals surface area contributed by atoms with Gasteiger partial charge in [-0.25, -0.2) is 0 Å². The second kappa shape index (κ2) is 6.55. The summed E-state index contributed by atoms with van der Waals surface area (Å²) in [5.41, 5.74) is 0. The molecule has 2 aliphatic rings. The van der Waals surface area contributed by atoms with E-state index in [1.54, 1.807) is 0 Å². The average Bonchev–Trinajstić information content (AvgIpc) is 2.22. The molecule has 3 unspecified atom stereocenters. The Kier molecular flexibility index (Phi) is 5.37. The third-order valence-corrected chi connectivity index (χ3v) is 7.09. The highest BCUT2D eigenvalue weighted by atomic mass is 32.2. The van der Waals surface area contributed by atoms with E-state index in [9.17, 15) is 0 Å². The molecule has 0 aromatic carbocycles. The van der Waals surface area contributed by atoms with Crippen molar-refractivity contribution in [1.82, 2.24) is 5.32 Å². The maximum atomic E-state index is 3.84. The molecule has 0 bridgehead atoms. The molecular weight excluding hydrogens is 234 g/mol. The number of hydrogen-bond donors (Lipinski definition) is 1. The summed E-state index contributed by atoms with van der Waals surface area (Å²) in [6, 6.07) is 0.793. The van der Waals surface area contributed by atoms with Crippen LogP contribution in [0.1, 0.15) is 39.5 Å². The molecule has 1 aliphatic heterocycles. The average molecular weight is 259 g/mol. The molecule has 2 fully saturated rings. The first-order valence-electron chi connectivity index (χ1n) is 6.79. The Labute approximate surface area is 109 Å². The zero-order chi connectivity index (χ0) is 11.4. The third kappa shape index (κ3) is 3.11. The van der Waals surface area contributed by atoms with Crippen LogP contribution in [0.3, 0.4) is 0 Å². The Bertz CT molecular complexity index is 206. The summed E-state index contributed by atoms with van der Waals surface area (Å²) in [6.45, 7) is 5.91. The normalized spacial score (nSPS) is 33.4. The zero-order valence-corrected chi connectivity index (χ0v) is 12.2. The SMILES string of the molecule is CCCNC(C1CCC1)C1SCCSC1C. The van der Waals surface area contributed by atoms with Gasteiger partial charge in [0.05, 0.1) is 0 Å². The van der Waals surface area contributed by atoms with Crippen molar-refractivity contribution in [2.45, 2.75) is 56.1 Å². The van der Waals surface area contributed by atoms with Gasteiger partial charge in [-0.1, -0.05) is 20.3 Å². The summed E-state index contributed by atoms with van der Waals surface area (Å²) in [4.78, 5) is 0. The molecule has 2 rings (SSSR count). The summed E-state index contributed by atoms with van der Waals surface area (Å²) < 4.78 is 0. The molecule has 1 nitrogen and oxygen atoms in total. The topological polar surface area (TPSA) is 12.0 Å². The smallest absolute Gasteiger partial charge is 0.0320 e. The molecule has 94 valence electrons. The standard InChI is InChI=1S/C13H25NS2/c1-3-7-14-12(11-5-4-6-11)13-10(2)15-8-9-16-13/h10-14H,3-9H2,1-2H3. The van der Waals surface area contributed by atoms with Crippen LogP contribution in [0.2, 0.25) is 0 Å². The lowest BCUT2D eigenvalue weighted by atomic mass is 9.78. The second-order valence-corrected chi connectivity index (χ2v) is 7.85. The van der Waals surface area contributed by atoms with Crippen LogP contribution < -0.4 is 5.32 Å². The maximum absolute atomic E-state index is 3.84. The summed E-state index contributed by atoms with van der Waals surface area (Å²) in [5, 5.41) is 5.54. The first-order valence-corrected chi connectivity index (χ1v) is 8.89. The molecule has 3 atom stereocenters. The van der Waals surface area contributed by atoms with Crippen LogP contribution in [0.5, 0.6) is 0 Å². The van der Waals surface area contributed by atoms with Crippen LogP contribution in [-0.2, 0) is 0 Å². The van der Waals surface area contributed by atoms with E-state index >= 15 is 0 Å². The molecule has 1 saturated heterocycles. The maximum Gasteiger partial charge on any atom is 0.0320 e. The van der Waals surface area contributed by atoms with Crippen LogP contribution in [0.25, 0.3) is 0 Å². The largest absolute Gasteiger partial charge is 0.313 e. The van der Waals surface area contributed by atoms with Gasteiger partial charge >= 0.3 is 0 Å².